The van der Waals surface area contributed by atoms with Crippen LogP contribution >= 0.6 is 0 Å². The van der Waals surface area contributed by atoms with Gasteiger partial charge in [-0.25, -0.2) is 0 Å². The number of ether oxygens (including phenoxy) is 2. The van der Waals surface area contributed by atoms with Crippen molar-refractivity contribution in [2.75, 3.05) is 19.0 Å². The molecule has 0 aliphatic rings. The lowest BCUT2D eigenvalue weighted by Gasteiger charge is -2.20. The van der Waals surface area contributed by atoms with Crippen molar-refractivity contribution in [2.24, 2.45) is 0 Å². The number of nitrogens with one attached hydrogen (secondary N) is 1. The average molecular weight is 443 g/mol. The number of aromatic nitrogens is 1. The molecule has 0 amide bonds. The SMILES string of the molecule is CCOC(=O)Cn1cc(C(=O)C(Nc2ccccc2OC)c2ccccc2)c2ccccc21. The Hall–Kier alpha value is -4.06. The molecule has 0 spiro atoms. The molecule has 1 aromatic heterocycles. The summed E-state index contributed by atoms with van der Waals surface area (Å²) in [6, 6.07) is 24.0. The molecule has 4 rings (SSSR count). The second-order valence-corrected chi connectivity index (χ2v) is 7.55. The summed E-state index contributed by atoms with van der Waals surface area (Å²) in [7, 11) is 1.60. The molecule has 0 saturated heterocycles. The van der Waals surface area contributed by atoms with Crippen molar-refractivity contribution in [1.29, 1.82) is 0 Å². The van der Waals surface area contributed by atoms with Gasteiger partial charge in [-0.05, 0) is 30.7 Å². The van der Waals surface area contributed by atoms with Crippen molar-refractivity contribution >= 4 is 28.3 Å². The molecule has 168 valence electrons. The highest BCUT2D eigenvalue weighted by atomic mass is 16.5. The molecule has 1 heterocycles. The molecular weight excluding hydrogens is 416 g/mol. The summed E-state index contributed by atoms with van der Waals surface area (Å²) in [6.07, 6.45) is 1.74. The molecule has 0 radical (unpaired) electrons. The van der Waals surface area contributed by atoms with Crippen LogP contribution in [-0.2, 0) is 16.1 Å². The third-order valence-electron chi connectivity index (χ3n) is 5.46. The molecular formula is C27H26N2O4. The zero-order valence-electron chi connectivity index (χ0n) is 18.7. The van der Waals surface area contributed by atoms with Gasteiger partial charge in [0.2, 0.25) is 0 Å². The van der Waals surface area contributed by atoms with Crippen molar-refractivity contribution < 1.29 is 19.1 Å². The summed E-state index contributed by atoms with van der Waals surface area (Å²) in [6.45, 7) is 2.12. The summed E-state index contributed by atoms with van der Waals surface area (Å²) < 4.78 is 12.4. The fourth-order valence-electron chi connectivity index (χ4n) is 3.94. The summed E-state index contributed by atoms with van der Waals surface area (Å²) in [4.78, 5) is 26.1. The van der Waals surface area contributed by atoms with E-state index < -0.39 is 6.04 Å². The van der Waals surface area contributed by atoms with Crippen LogP contribution in [-0.4, -0.2) is 30.0 Å². The molecule has 6 nitrogen and oxygen atoms in total. The second-order valence-electron chi connectivity index (χ2n) is 7.55. The number of benzene rings is 3. The van der Waals surface area contributed by atoms with Crippen LogP contribution in [0.25, 0.3) is 10.9 Å². The Kier molecular flexibility index (Phi) is 6.74. The zero-order chi connectivity index (χ0) is 23.2. The number of ketones is 1. The van der Waals surface area contributed by atoms with Crippen molar-refractivity contribution in [1.82, 2.24) is 4.57 Å². The van der Waals surface area contributed by atoms with Gasteiger partial charge in [0.05, 0.1) is 19.4 Å². The van der Waals surface area contributed by atoms with Crippen molar-refractivity contribution in [2.45, 2.75) is 19.5 Å². The molecule has 0 bridgehead atoms. The zero-order valence-corrected chi connectivity index (χ0v) is 18.7. The van der Waals surface area contributed by atoms with E-state index in [1.165, 1.54) is 0 Å². The number of para-hydroxylation sites is 3. The lowest BCUT2D eigenvalue weighted by Crippen LogP contribution is -2.21. The first-order valence-electron chi connectivity index (χ1n) is 10.8. The fraction of sp³-hybridized carbons (Fsp3) is 0.185. The minimum Gasteiger partial charge on any atom is -0.495 e. The third kappa shape index (κ3) is 4.75. The van der Waals surface area contributed by atoms with Crippen LogP contribution in [0.5, 0.6) is 5.75 Å². The maximum Gasteiger partial charge on any atom is 0.325 e. The molecule has 1 atom stereocenters. The monoisotopic (exact) mass is 442 g/mol. The van der Waals surface area contributed by atoms with Gasteiger partial charge in [-0.2, -0.15) is 0 Å². The van der Waals surface area contributed by atoms with Gasteiger partial charge in [-0.15, -0.1) is 0 Å². The number of rotatable bonds is 9. The van der Waals surface area contributed by atoms with E-state index in [2.05, 4.69) is 5.32 Å². The van der Waals surface area contributed by atoms with Crippen LogP contribution in [0.15, 0.2) is 85.1 Å². The van der Waals surface area contributed by atoms with Crippen LogP contribution in [0.2, 0.25) is 0 Å². The number of carbonyl (C=O) groups is 2. The number of nitrogens with zero attached hydrogens (tertiary/aromatic N) is 1. The van der Waals surface area contributed by atoms with E-state index in [0.29, 0.717) is 17.9 Å². The van der Waals surface area contributed by atoms with Crippen LogP contribution in [0.1, 0.15) is 28.9 Å². The molecule has 0 aliphatic heterocycles. The highest BCUT2D eigenvalue weighted by Gasteiger charge is 2.26. The predicted molar refractivity (Wildman–Crippen MR) is 129 cm³/mol. The lowest BCUT2D eigenvalue weighted by atomic mass is 9.96. The Labute approximate surface area is 192 Å². The molecule has 6 heteroatoms. The molecule has 0 saturated carbocycles. The molecule has 4 aromatic rings. The number of esters is 1. The number of hydrogen-bond acceptors (Lipinski definition) is 5. The molecule has 3 aromatic carbocycles. The van der Waals surface area contributed by atoms with Crippen LogP contribution in [0.3, 0.4) is 0 Å². The highest BCUT2D eigenvalue weighted by molar-refractivity contribution is 6.12. The normalized spacial score (nSPS) is 11.7. The number of carbonyl (C=O) groups excluding carboxylic acids is 2. The molecule has 0 fully saturated rings. The number of Topliss-reactive ketones (excluding diaryl/α,β-unsaturated/α-hetero) is 1. The third-order valence-corrected chi connectivity index (χ3v) is 5.46. The van der Waals surface area contributed by atoms with E-state index in [9.17, 15) is 9.59 Å². The number of hydrogen-bond donors (Lipinski definition) is 1. The van der Waals surface area contributed by atoms with Gasteiger partial charge in [0, 0.05) is 22.7 Å². The summed E-state index contributed by atoms with van der Waals surface area (Å²) in [5.41, 5.74) is 2.89. The van der Waals surface area contributed by atoms with Gasteiger partial charge < -0.3 is 19.4 Å². The van der Waals surface area contributed by atoms with Gasteiger partial charge >= 0.3 is 5.97 Å². The van der Waals surface area contributed by atoms with Crippen LogP contribution < -0.4 is 10.1 Å². The first-order chi connectivity index (χ1) is 16.1. The topological polar surface area (TPSA) is 69.6 Å². The Morgan fingerprint density at radius 3 is 2.39 bits per heavy atom. The molecule has 33 heavy (non-hydrogen) atoms. The molecule has 0 aliphatic carbocycles. The Morgan fingerprint density at radius 1 is 0.939 bits per heavy atom. The van der Waals surface area contributed by atoms with E-state index in [0.717, 1.165) is 22.2 Å². The number of fused-ring (bicyclic) bond motifs is 1. The summed E-state index contributed by atoms with van der Waals surface area (Å²) in [5.74, 6) is 0.200. The summed E-state index contributed by atoms with van der Waals surface area (Å²) >= 11 is 0. The number of anilines is 1. The average Bonchev–Trinajstić information content (AvgIpc) is 3.21. The molecule has 1 unspecified atom stereocenters. The Morgan fingerprint density at radius 2 is 1.64 bits per heavy atom. The summed E-state index contributed by atoms with van der Waals surface area (Å²) in [5, 5.41) is 4.16. The van der Waals surface area contributed by atoms with Crippen LogP contribution in [0.4, 0.5) is 5.69 Å². The smallest absolute Gasteiger partial charge is 0.325 e. The van der Waals surface area contributed by atoms with Gasteiger partial charge in [0.15, 0.2) is 5.78 Å². The van der Waals surface area contributed by atoms with E-state index in [1.54, 1.807) is 24.8 Å². The highest BCUT2D eigenvalue weighted by Crippen LogP contribution is 2.32. The predicted octanol–water partition coefficient (Wildman–Crippen LogP) is 5.25. The Bertz CT molecular complexity index is 1260. The quantitative estimate of drug-likeness (QED) is 0.283. The van der Waals surface area contributed by atoms with E-state index in [4.69, 9.17) is 9.47 Å². The first kappa shape index (κ1) is 22.1. The van der Waals surface area contributed by atoms with Gasteiger partial charge in [-0.3, -0.25) is 9.59 Å². The van der Waals surface area contributed by atoms with Crippen LogP contribution in [0, 0.1) is 0 Å². The van der Waals surface area contributed by atoms with E-state index in [-0.39, 0.29) is 18.3 Å². The minimum atomic E-state index is -0.649. The second kappa shape index (κ2) is 10.0. The maximum atomic E-state index is 14.0. The van der Waals surface area contributed by atoms with Gasteiger partial charge in [0.25, 0.3) is 0 Å². The van der Waals surface area contributed by atoms with Gasteiger partial charge in [0.1, 0.15) is 18.3 Å². The van der Waals surface area contributed by atoms with E-state index >= 15 is 0 Å². The maximum absolute atomic E-state index is 14.0. The minimum absolute atomic E-state index is 0.0393. The van der Waals surface area contributed by atoms with Crippen molar-refractivity contribution in [3.8, 4) is 5.75 Å². The van der Waals surface area contributed by atoms with E-state index in [1.807, 2.05) is 78.9 Å². The fourth-order valence-corrected chi connectivity index (χ4v) is 3.94. The largest absolute Gasteiger partial charge is 0.495 e. The molecule has 1 N–H and O–H groups in total. The van der Waals surface area contributed by atoms with Gasteiger partial charge in [-0.1, -0.05) is 60.7 Å². The Balaban J connectivity index is 1.77. The lowest BCUT2D eigenvalue weighted by molar-refractivity contribution is -0.143. The number of methoxy groups -OCH3 is 1. The van der Waals surface area contributed by atoms with Crippen molar-refractivity contribution in [3.63, 3.8) is 0 Å². The van der Waals surface area contributed by atoms with Crippen molar-refractivity contribution in [3.05, 3.63) is 96.2 Å². The standard InChI is InChI=1S/C27H26N2O4/c1-3-33-25(30)18-29-17-21(20-13-7-9-15-23(20)29)27(31)26(19-11-5-4-6-12-19)28-22-14-8-10-16-24(22)32-2/h4-17,26,28H,3,18H2,1-2H3. The first-order valence-corrected chi connectivity index (χ1v) is 10.8.